The molecular weight excluding hydrogens is 384 g/mol. The van der Waals surface area contributed by atoms with E-state index in [-0.39, 0.29) is 22.7 Å². The highest BCUT2D eigenvalue weighted by atomic mass is 19.3. The first-order valence-electron chi connectivity index (χ1n) is 8.43. The number of ether oxygens (including phenoxy) is 2. The van der Waals surface area contributed by atoms with Crippen molar-refractivity contribution in [2.75, 3.05) is 0 Å². The summed E-state index contributed by atoms with van der Waals surface area (Å²) >= 11 is 0. The van der Waals surface area contributed by atoms with Gasteiger partial charge in [-0.2, -0.15) is 14.0 Å². The quantitative estimate of drug-likeness (QED) is 0.365. The summed E-state index contributed by atoms with van der Waals surface area (Å²) in [5.41, 5.74) is 1.19. The summed E-state index contributed by atoms with van der Waals surface area (Å²) in [6.07, 6.45) is -1.15. The molecule has 1 heterocycles. The number of carbonyl (C=O) groups excluding carboxylic acids is 1. The highest BCUT2D eigenvalue weighted by Gasteiger charge is 2.22. The Morgan fingerprint density at radius 3 is 2.52 bits per heavy atom. The van der Waals surface area contributed by atoms with E-state index in [9.17, 15) is 23.9 Å². The van der Waals surface area contributed by atoms with E-state index in [1.165, 1.54) is 31.2 Å². The zero-order chi connectivity index (χ0) is 21.0. The van der Waals surface area contributed by atoms with Gasteiger partial charge in [-0.15, -0.1) is 0 Å². The smallest absolute Gasteiger partial charge is 0.387 e. The van der Waals surface area contributed by atoms with E-state index in [0.717, 1.165) is 0 Å². The lowest BCUT2D eigenvalue weighted by molar-refractivity contribution is -0.0498. The van der Waals surface area contributed by atoms with Crippen molar-refractivity contribution >= 4 is 22.6 Å². The first kappa shape index (κ1) is 19.8. The van der Waals surface area contributed by atoms with E-state index in [2.05, 4.69) is 14.7 Å². The van der Waals surface area contributed by atoms with Crippen molar-refractivity contribution in [2.45, 2.75) is 19.6 Å². The van der Waals surface area contributed by atoms with Crippen LogP contribution in [-0.2, 0) is 4.74 Å². The standard InChI is InChI=1S/C20H15F2N3O4/c1-11(28-19(27)12-6-8-13(9-7-12)29-20(21)22)17(26)14(10-23)18-24-15-4-2-3-5-16(15)25-18/h2-9,11,20,26H,1H3,(H,24,25)/b17-14-/t11-/m1/s1. The highest BCUT2D eigenvalue weighted by molar-refractivity contribution is 5.90. The van der Waals surface area contributed by atoms with Crippen molar-refractivity contribution in [1.82, 2.24) is 9.97 Å². The van der Waals surface area contributed by atoms with Crippen LogP contribution in [0.2, 0.25) is 0 Å². The van der Waals surface area contributed by atoms with Gasteiger partial charge in [0.1, 0.15) is 17.4 Å². The Kier molecular flexibility index (Phi) is 5.74. The maximum absolute atomic E-state index is 12.2. The number of aromatic amines is 1. The van der Waals surface area contributed by atoms with Crippen LogP contribution in [0.4, 0.5) is 8.78 Å². The first-order valence-corrected chi connectivity index (χ1v) is 8.43. The van der Waals surface area contributed by atoms with Gasteiger partial charge in [-0.05, 0) is 43.3 Å². The average molecular weight is 399 g/mol. The summed E-state index contributed by atoms with van der Waals surface area (Å²) in [5.74, 6) is -1.25. The lowest BCUT2D eigenvalue weighted by atomic mass is 10.1. The van der Waals surface area contributed by atoms with Gasteiger partial charge in [-0.25, -0.2) is 9.78 Å². The zero-order valence-electron chi connectivity index (χ0n) is 15.1. The van der Waals surface area contributed by atoms with Crippen molar-refractivity contribution in [3.63, 3.8) is 0 Å². The van der Waals surface area contributed by atoms with Crippen LogP contribution in [0.25, 0.3) is 16.6 Å². The van der Waals surface area contributed by atoms with Crippen molar-refractivity contribution in [1.29, 1.82) is 5.26 Å². The fraction of sp³-hybridized carbons (Fsp3) is 0.150. The maximum Gasteiger partial charge on any atom is 0.387 e. The van der Waals surface area contributed by atoms with Crippen molar-refractivity contribution in [3.8, 4) is 11.8 Å². The number of alkyl halides is 2. The number of esters is 1. The number of nitriles is 1. The molecule has 0 fully saturated rings. The number of carbonyl (C=O) groups is 1. The number of allylic oxidation sites excluding steroid dienone is 1. The molecule has 0 unspecified atom stereocenters. The Balaban J connectivity index is 1.78. The summed E-state index contributed by atoms with van der Waals surface area (Å²) in [5, 5.41) is 19.8. The minimum absolute atomic E-state index is 0.0634. The number of imidazole rings is 1. The molecule has 2 aromatic carbocycles. The topological polar surface area (TPSA) is 108 Å². The van der Waals surface area contributed by atoms with Crippen LogP contribution in [0.3, 0.4) is 0 Å². The van der Waals surface area contributed by atoms with Gasteiger partial charge in [0.15, 0.2) is 17.7 Å². The number of benzene rings is 2. The predicted molar refractivity (Wildman–Crippen MR) is 99.2 cm³/mol. The molecule has 7 nitrogen and oxygen atoms in total. The van der Waals surface area contributed by atoms with Gasteiger partial charge in [-0.3, -0.25) is 0 Å². The van der Waals surface area contributed by atoms with E-state index in [1.807, 2.05) is 6.07 Å². The Morgan fingerprint density at radius 1 is 1.21 bits per heavy atom. The number of aromatic nitrogens is 2. The summed E-state index contributed by atoms with van der Waals surface area (Å²) in [6, 6.07) is 13.8. The van der Waals surface area contributed by atoms with E-state index in [0.29, 0.717) is 11.0 Å². The molecule has 0 saturated carbocycles. The number of aliphatic hydroxyl groups is 1. The Bertz CT molecular complexity index is 1070. The molecule has 0 bridgehead atoms. The molecular formula is C20H15F2N3O4. The Labute approximate surface area is 163 Å². The second kappa shape index (κ2) is 8.39. The van der Waals surface area contributed by atoms with Crippen molar-refractivity contribution in [3.05, 3.63) is 65.7 Å². The lowest BCUT2D eigenvalue weighted by Gasteiger charge is -2.14. The average Bonchev–Trinajstić information content (AvgIpc) is 3.12. The molecule has 9 heteroatoms. The van der Waals surface area contributed by atoms with Crippen LogP contribution < -0.4 is 4.74 Å². The summed E-state index contributed by atoms with van der Waals surface area (Å²) in [4.78, 5) is 19.4. The number of hydrogen-bond acceptors (Lipinski definition) is 6. The molecule has 0 aliphatic carbocycles. The van der Waals surface area contributed by atoms with Gasteiger partial charge in [0, 0.05) is 0 Å². The molecule has 2 N–H and O–H groups in total. The van der Waals surface area contributed by atoms with Crippen LogP contribution in [0.5, 0.6) is 5.75 Å². The molecule has 1 atom stereocenters. The number of nitrogens with zero attached hydrogens (tertiary/aromatic N) is 2. The number of H-pyrrole nitrogens is 1. The van der Waals surface area contributed by atoms with Crippen LogP contribution in [0, 0.1) is 11.3 Å². The third-order valence-electron chi connectivity index (χ3n) is 3.98. The molecule has 0 radical (unpaired) electrons. The van der Waals surface area contributed by atoms with Gasteiger partial charge in [0.2, 0.25) is 0 Å². The van der Waals surface area contributed by atoms with Gasteiger partial charge in [0.05, 0.1) is 16.6 Å². The molecule has 0 amide bonds. The third kappa shape index (κ3) is 4.50. The molecule has 3 rings (SSSR count). The minimum atomic E-state index is -2.97. The van der Waals surface area contributed by atoms with E-state index in [4.69, 9.17) is 4.74 Å². The minimum Gasteiger partial charge on any atom is -0.507 e. The molecule has 3 aromatic rings. The number of rotatable bonds is 6. The van der Waals surface area contributed by atoms with Crippen LogP contribution >= 0.6 is 0 Å². The number of nitrogens with one attached hydrogen (secondary N) is 1. The number of hydrogen-bond donors (Lipinski definition) is 2. The molecule has 0 spiro atoms. The van der Waals surface area contributed by atoms with E-state index in [1.54, 1.807) is 24.3 Å². The number of aliphatic hydroxyl groups excluding tert-OH is 1. The largest absolute Gasteiger partial charge is 0.507 e. The van der Waals surface area contributed by atoms with Crippen molar-refractivity contribution < 1.29 is 28.2 Å². The fourth-order valence-electron chi connectivity index (χ4n) is 2.56. The Morgan fingerprint density at radius 2 is 1.90 bits per heavy atom. The molecule has 0 saturated heterocycles. The van der Waals surface area contributed by atoms with Gasteiger partial charge < -0.3 is 19.6 Å². The molecule has 148 valence electrons. The second-order valence-electron chi connectivity index (χ2n) is 5.93. The first-order chi connectivity index (χ1) is 13.9. The van der Waals surface area contributed by atoms with E-state index < -0.39 is 24.4 Å². The van der Waals surface area contributed by atoms with Gasteiger partial charge in [-0.1, -0.05) is 12.1 Å². The maximum atomic E-state index is 12.2. The molecule has 0 aliphatic rings. The molecule has 1 aromatic heterocycles. The molecule has 29 heavy (non-hydrogen) atoms. The fourth-order valence-corrected chi connectivity index (χ4v) is 2.56. The third-order valence-corrected chi connectivity index (χ3v) is 3.98. The summed E-state index contributed by atoms with van der Waals surface area (Å²) in [6.45, 7) is -1.58. The monoisotopic (exact) mass is 399 g/mol. The number of halogens is 2. The second-order valence-corrected chi connectivity index (χ2v) is 5.93. The highest BCUT2D eigenvalue weighted by Crippen LogP contribution is 2.22. The van der Waals surface area contributed by atoms with Crippen LogP contribution in [0.15, 0.2) is 54.3 Å². The molecule has 0 aliphatic heterocycles. The lowest BCUT2D eigenvalue weighted by Crippen LogP contribution is -2.18. The normalized spacial score (nSPS) is 12.9. The summed E-state index contributed by atoms with van der Waals surface area (Å²) < 4.78 is 33.7. The van der Waals surface area contributed by atoms with E-state index >= 15 is 0 Å². The SMILES string of the molecule is C[C@@H](OC(=O)c1ccc(OC(F)F)cc1)/C(O)=C(\C#N)c1nc2ccccc2[nH]1. The van der Waals surface area contributed by atoms with Crippen LogP contribution in [-0.4, -0.2) is 33.8 Å². The van der Waals surface area contributed by atoms with Crippen molar-refractivity contribution in [2.24, 2.45) is 0 Å². The van der Waals surface area contributed by atoms with Gasteiger partial charge >= 0.3 is 12.6 Å². The van der Waals surface area contributed by atoms with Gasteiger partial charge in [0.25, 0.3) is 0 Å². The number of fused-ring (bicyclic) bond motifs is 1. The van der Waals surface area contributed by atoms with Crippen LogP contribution in [0.1, 0.15) is 23.1 Å². The zero-order valence-corrected chi connectivity index (χ0v) is 15.1. The Hall–Kier alpha value is -3.93. The predicted octanol–water partition coefficient (Wildman–Crippen LogP) is 4.20. The number of para-hydroxylation sites is 2. The summed E-state index contributed by atoms with van der Waals surface area (Å²) in [7, 11) is 0.